The van der Waals surface area contributed by atoms with Gasteiger partial charge in [0.25, 0.3) is 0 Å². The molecule has 0 saturated carbocycles. The predicted molar refractivity (Wildman–Crippen MR) is 75.3 cm³/mol. The van der Waals surface area contributed by atoms with E-state index in [4.69, 9.17) is 4.74 Å². The van der Waals surface area contributed by atoms with Crippen molar-refractivity contribution in [1.82, 2.24) is 10.6 Å². The van der Waals surface area contributed by atoms with Gasteiger partial charge in [0, 0.05) is 0 Å². The van der Waals surface area contributed by atoms with Crippen molar-refractivity contribution in [3.05, 3.63) is 46.7 Å². The molecular weight excluding hydrogens is 313 g/mol. The Labute approximate surface area is 130 Å². The summed E-state index contributed by atoms with van der Waals surface area (Å²) >= 11 is 0. The molecule has 1 aliphatic rings. The minimum atomic E-state index is -4.89. The number of carbonyl (C=O) groups excluding carboxylic acids is 2. The molecule has 2 N–H and O–H groups in total. The van der Waals surface area contributed by atoms with Crippen LogP contribution in [-0.2, 0) is 9.53 Å². The highest BCUT2D eigenvalue weighted by molar-refractivity contribution is 5.95. The zero-order valence-electron chi connectivity index (χ0n) is 12.5. The maximum atomic E-state index is 13.2. The number of aryl methyl sites for hydroxylation is 1. The smallest absolute Gasteiger partial charge is 0.432 e. The van der Waals surface area contributed by atoms with Crippen molar-refractivity contribution in [3.63, 3.8) is 0 Å². The summed E-state index contributed by atoms with van der Waals surface area (Å²) in [6.45, 7) is 3.22. The van der Waals surface area contributed by atoms with Crippen LogP contribution < -0.4 is 10.6 Å². The fourth-order valence-electron chi connectivity index (χ4n) is 2.23. The van der Waals surface area contributed by atoms with Crippen LogP contribution >= 0.6 is 0 Å². The molecule has 8 heteroatoms. The van der Waals surface area contributed by atoms with Crippen molar-refractivity contribution in [1.29, 1.82) is 0 Å². The Kier molecular flexibility index (Phi) is 4.63. The molecular formula is C15H15F3N2O3. The number of halogens is 3. The van der Waals surface area contributed by atoms with Crippen LogP contribution in [-0.4, -0.2) is 24.8 Å². The number of ether oxygens (including phenoxy) is 1. The Morgan fingerprint density at radius 2 is 1.87 bits per heavy atom. The zero-order valence-corrected chi connectivity index (χ0v) is 12.5. The number of allylic oxidation sites excluding steroid dienone is 1. The second-order valence-electron chi connectivity index (χ2n) is 4.95. The first-order valence-corrected chi connectivity index (χ1v) is 6.86. The summed E-state index contributed by atoms with van der Waals surface area (Å²) < 4.78 is 44.4. The molecule has 1 aromatic rings. The molecule has 1 aromatic carbocycles. The Bertz CT molecular complexity index is 651. The Morgan fingerprint density at radius 1 is 1.26 bits per heavy atom. The van der Waals surface area contributed by atoms with Gasteiger partial charge in [0.1, 0.15) is 5.70 Å². The highest BCUT2D eigenvalue weighted by Crippen LogP contribution is 2.35. The summed E-state index contributed by atoms with van der Waals surface area (Å²) in [6.07, 6.45) is -4.89. The Balaban J connectivity index is 2.59. The predicted octanol–water partition coefficient (Wildman–Crippen LogP) is 2.73. The van der Waals surface area contributed by atoms with E-state index in [0.717, 1.165) is 5.56 Å². The molecule has 1 unspecified atom stereocenters. The van der Waals surface area contributed by atoms with E-state index in [1.54, 1.807) is 29.6 Å². The number of carbonyl (C=O) groups is 2. The summed E-state index contributed by atoms with van der Waals surface area (Å²) in [7, 11) is 0. The third kappa shape index (κ3) is 3.64. The normalized spacial score (nSPS) is 18.3. The van der Waals surface area contributed by atoms with Crippen molar-refractivity contribution in [2.75, 3.05) is 6.61 Å². The molecule has 2 rings (SSSR count). The molecule has 0 aromatic heterocycles. The number of nitrogens with one attached hydrogen (secondary N) is 2. The van der Waals surface area contributed by atoms with Crippen LogP contribution in [0.4, 0.5) is 18.0 Å². The first-order chi connectivity index (χ1) is 10.7. The van der Waals surface area contributed by atoms with Crippen molar-refractivity contribution in [2.24, 2.45) is 0 Å². The summed E-state index contributed by atoms with van der Waals surface area (Å²) in [5, 5.41) is 4.00. The van der Waals surface area contributed by atoms with E-state index < -0.39 is 35.5 Å². The maximum absolute atomic E-state index is 13.2. The summed E-state index contributed by atoms with van der Waals surface area (Å²) in [5.74, 6) is -1.13. The van der Waals surface area contributed by atoms with Crippen molar-refractivity contribution in [3.8, 4) is 0 Å². The number of amides is 2. The topological polar surface area (TPSA) is 67.4 Å². The van der Waals surface area contributed by atoms with Gasteiger partial charge in [0.15, 0.2) is 0 Å². The van der Waals surface area contributed by atoms with Gasteiger partial charge in [0.2, 0.25) is 0 Å². The summed E-state index contributed by atoms with van der Waals surface area (Å²) in [5.41, 5.74) is -0.810. The number of esters is 1. The van der Waals surface area contributed by atoms with Crippen LogP contribution in [0.1, 0.15) is 24.1 Å². The minimum absolute atomic E-state index is 0.0813. The Hall–Kier alpha value is -2.51. The lowest BCUT2D eigenvalue weighted by atomic mass is 9.94. The highest BCUT2D eigenvalue weighted by Gasteiger charge is 2.45. The lowest BCUT2D eigenvalue weighted by molar-refractivity contribution is -0.140. The number of urea groups is 1. The van der Waals surface area contributed by atoms with Gasteiger partial charge in [-0.2, -0.15) is 13.2 Å². The third-order valence-electron chi connectivity index (χ3n) is 3.26. The second kappa shape index (κ2) is 6.31. The van der Waals surface area contributed by atoms with Crippen LogP contribution in [0.5, 0.6) is 0 Å². The number of rotatable bonds is 3. The lowest BCUT2D eigenvalue weighted by Gasteiger charge is -2.30. The van der Waals surface area contributed by atoms with E-state index in [1.165, 1.54) is 6.92 Å². The SMILES string of the molecule is CCOC(=O)C1=C(C(F)(F)F)NC(=O)NC1c1ccc(C)cc1. The number of alkyl halides is 3. The van der Waals surface area contributed by atoms with Gasteiger partial charge < -0.3 is 15.4 Å². The monoisotopic (exact) mass is 328 g/mol. The van der Waals surface area contributed by atoms with Crippen LogP contribution in [0.25, 0.3) is 0 Å². The van der Waals surface area contributed by atoms with Crippen LogP contribution in [0.2, 0.25) is 0 Å². The molecule has 5 nitrogen and oxygen atoms in total. The van der Waals surface area contributed by atoms with Gasteiger partial charge in [-0.1, -0.05) is 29.8 Å². The first-order valence-electron chi connectivity index (χ1n) is 6.86. The van der Waals surface area contributed by atoms with Crippen molar-refractivity contribution >= 4 is 12.0 Å². The molecule has 0 saturated heterocycles. The molecule has 2 amide bonds. The van der Waals surface area contributed by atoms with Gasteiger partial charge in [-0.05, 0) is 19.4 Å². The average molecular weight is 328 g/mol. The molecule has 0 aliphatic carbocycles. The van der Waals surface area contributed by atoms with E-state index >= 15 is 0 Å². The van der Waals surface area contributed by atoms with Crippen molar-refractivity contribution < 1.29 is 27.5 Å². The largest absolute Gasteiger partial charge is 0.463 e. The molecule has 0 fully saturated rings. The van der Waals surface area contributed by atoms with E-state index in [-0.39, 0.29) is 6.61 Å². The standard InChI is InChI=1S/C15H15F3N2O3/c1-3-23-13(21)10-11(9-6-4-8(2)5-7-9)19-14(22)20-12(10)15(16,17)18/h4-7,11H,3H2,1-2H3,(H2,19,20,22). The molecule has 1 aliphatic heterocycles. The average Bonchev–Trinajstić information content (AvgIpc) is 2.46. The molecule has 1 heterocycles. The lowest BCUT2D eigenvalue weighted by Crippen LogP contribution is -2.49. The Morgan fingerprint density at radius 3 is 2.39 bits per heavy atom. The van der Waals surface area contributed by atoms with Crippen LogP contribution in [0.3, 0.4) is 0 Å². The number of hydrogen-bond acceptors (Lipinski definition) is 3. The molecule has 0 bridgehead atoms. The number of benzene rings is 1. The highest BCUT2D eigenvalue weighted by atomic mass is 19.4. The minimum Gasteiger partial charge on any atom is -0.463 e. The van der Waals surface area contributed by atoms with Crippen molar-refractivity contribution in [2.45, 2.75) is 26.1 Å². The van der Waals surface area contributed by atoms with E-state index in [1.807, 2.05) is 6.92 Å². The first kappa shape index (κ1) is 16.9. The summed E-state index contributed by atoms with van der Waals surface area (Å²) in [4.78, 5) is 23.6. The molecule has 1 atom stereocenters. The van der Waals surface area contributed by atoms with Gasteiger partial charge in [-0.15, -0.1) is 0 Å². The van der Waals surface area contributed by atoms with E-state index in [0.29, 0.717) is 5.56 Å². The zero-order chi connectivity index (χ0) is 17.2. The van der Waals surface area contributed by atoms with Gasteiger partial charge in [-0.25, -0.2) is 9.59 Å². The van der Waals surface area contributed by atoms with Crippen LogP contribution in [0.15, 0.2) is 35.5 Å². The fraction of sp³-hybridized carbons (Fsp3) is 0.333. The van der Waals surface area contributed by atoms with Gasteiger partial charge in [-0.3, -0.25) is 0 Å². The van der Waals surface area contributed by atoms with E-state index in [2.05, 4.69) is 5.32 Å². The van der Waals surface area contributed by atoms with Gasteiger partial charge >= 0.3 is 18.2 Å². The quantitative estimate of drug-likeness (QED) is 0.839. The molecule has 0 radical (unpaired) electrons. The van der Waals surface area contributed by atoms with Crippen LogP contribution in [0, 0.1) is 6.92 Å². The maximum Gasteiger partial charge on any atom is 0.432 e. The van der Waals surface area contributed by atoms with E-state index in [9.17, 15) is 22.8 Å². The molecule has 0 spiro atoms. The molecule has 23 heavy (non-hydrogen) atoms. The third-order valence-corrected chi connectivity index (χ3v) is 3.26. The number of hydrogen-bond donors (Lipinski definition) is 2. The fourth-order valence-corrected chi connectivity index (χ4v) is 2.23. The molecule has 124 valence electrons. The second-order valence-corrected chi connectivity index (χ2v) is 4.95. The van der Waals surface area contributed by atoms with Gasteiger partial charge in [0.05, 0.1) is 18.2 Å². The summed E-state index contributed by atoms with van der Waals surface area (Å²) in [6, 6.07) is 4.20.